The fourth-order valence-corrected chi connectivity index (χ4v) is 3.13. The van der Waals surface area contributed by atoms with E-state index in [1.54, 1.807) is 20.8 Å². The summed E-state index contributed by atoms with van der Waals surface area (Å²) in [5, 5.41) is 12.9. The number of likely N-dealkylation sites (tertiary alicyclic amines) is 1. The van der Waals surface area contributed by atoms with E-state index in [0.29, 0.717) is 0 Å². The van der Waals surface area contributed by atoms with Crippen molar-refractivity contribution in [3.63, 3.8) is 0 Å². The van der Waals surface area contributed by atoms with Crippen LogP contribution >= 0.6 is 0 Å². The Morgan fingerprint density at radius 2 is 1.82 bits per heavy atom. The van der Waals surface area contributed by atoms with Crippen molar-refractivity contribution in [1.82, 2.24) is 10.2 Å². The number of ether oxygens (including phenoxy) is 1. The maximum atomic E-state index is 12.5. The summed E-state index contributed by atoms with van der Waals surface area (Å²) >= 11 is 0. The Hall–Kier alpha value is -1.30. The Kier molecular flexibility index (Phi) is 5.32. The van der Waals surface area contributed by atoms with Gasteiger partial charge in [0, 0.05) is 12.5 Å². The van der Waals surface area contributed by atoms with Crippen molar-refractivity contribution in [2.45, 2.75) is 83.1 Å². The quantitative estimate of drug-likeness (QED) is 0.815. The summed E-state index contributed by atoms with van der Waals surface area (Å²) in [6.45, 7) is 5.51. The molecule has 1 aliphatic carbocycles. The molecule has 1 heterocycles. The number of aliphatic hydroxyl groups is 1. The lowest BCUT2D eigenvalue weighted by molar-refractivity contribution is -0.126. The highest BCUT2D eigenvalue weighted by molar-refractivity contribution is 5.86. The van der Waals surface area contributed by atoms with E-state index in [1.165, 1.54) is 11.3 Å². The second-order valence-corrected chi connectivity index (χ2v) is 7.38. The molecule has 2 fully saturated rings. The van der Waals surface area contributed by atoms with Crippen molar-refractivity contribution < 1.29 is 19.4 Å². The van der Waals surface area contributed by atoms with Crippen LogP contribution in [0.25, 0.3) is 0 Å². The van der Waals surface area contributed by atoms with Crippen molar-refractivity contribution in [1.29, 1.82) is 0 Å². The first-order valence-corrected chi connectivity index (χ1v) is 8.24. The van der Waals surface area contributed by atoms with E-state index in [0.717, 1.165) is 25.7 Å². The van der Waals surface area contributed by atoms with Gasteiger partial charge in [0.15, 0.2) is 0 Å². The third kappa shape index (κ3) is 4.60. The van der Waals surface area contributed by atoms with Crippen LogP contribution in [-0.4, -0.2) is 52.3 Å². The number of aliphatic hydroxyl groups excluding tert-OH is 1. The second-order valence-electron chi connectivity index (χ2n) is 7.38. The minimum atomic E-state index is -0.672. The first-order valence-electron chi connectivity index (χ1n) is 8.24. The zero-order chi connectivity index (χ0) is 16.3. The average Bonchev–Trinajstić information content (AvgIpc) is 2.80. The van der Waals surface area contributed by atoms with E-state index in [2.05, 4.69) is 5.32 Å². The molecular weight excluding hydrogens is 284 g/mol. The molecule has 2 amide bonds. The van der Waals surface area contributed by atoms with Crippen LogP contribution in [0.2, 0.25) is 0 Å². The predicted molar refractivity (Wildman–Crippen MR) is 82.4 cm³/mol. The van der Waals surface area contributed by atoms with E-state index in [4.69, 9.17) is 4.74 Å². The number of nitrogens with zero attached hydrogens (tertiary/aromatic N) is 1. The Balaban J connectivity index is 1.97. The standard InChI is InChI=1S/C16H28N2O4/c1-16(2,3)22-15(21)18-10-12(19)9-13(18)14(20)17-11-7-5-4-6-8-11/h11-13,19H,4-10H2,1-3H3,(H,17,20). The smallest absolute Gasteiger partial charge is 0.411 e. The summed E-state index contributed by atoms with van der Waals surface area (Å²) in [5.74, 6) is -0.172. The van der Waals surface area contributed by atoms with Gasteiger partial charge in [-0.25, -0.2) is 4.79 Å². The van der Waals surface area contributed by atoms with Crippen molar-refractivity contribution in [2.75, 3.05) is 6.54 Å². The summed E-state index contributed by atoms with van der Waals surface area (Å²) in [4.78, 5) is 26.0. The van der Waals surface area contributed by atoms with Gasteiger partial charge in [-0.15, -0.1) is 0 Å². The van der Waals surface area contributed by atoms with Crippen molar-refractivity contribution in [3.8, 4) is 0 Å². The molecule has 2 aliphatic rings. The summed E-state index contributed by atoms with van der Waals surface area (Å²) in [5.41, 5.74) is -0.616. The highest BCUT2D eigenvalue weighted by Gasteiger charge is 2.41. The van der Waals surface area contributed by atoms with Gasteiger partial charge >= 0.3 is 6.09 Å². The molecule has 0 bridgehead atoms. The Bertz CT molecular complexity index is 413. The molecule has 0 aromatic carbocycles. The molecule has 2 N–H and O–H groups in total. The van der Waals surface area contributed by atoms with Crippen LogP contribution < -0.4 is 5.32 Å². The van der Waals surface area contributed by atoms with Crippen LogP contribution in [0.5, 0.6) is 0 Å². The summed E-state index contributed by atoms with van der Waals surface area (Å²) in [6, 6.07) is -0.439. The van der Waals surface area contributed by atoms with E-state index in [9.17, 15) is 14.7 Å². The molecule has 1 saturated carbocycles. The fraction of sp³-hybridized carbons (Fsp3) is 0.875. The molecule has 2 unspecified atom stereocenters. The van der Waals surface area contributed by atoms with Crippen LogP contribution in [0.15, 0.2) is 0 Å². The number of β-amino-alcohol motifs (C(OH)–C–C–N with tert-alkyl or cyclic N) is 1. The zero-order valence-electron chi connectivity index (χ0n) is 13.8. The van der Waals surface area contributed by atoms with Gasteiger partial charge in [-0.3, -0.25) is 9.69 Å². The molecular formula is C16H28N2O4. The van der Waals surface area contributed by atoms with E-state index in [1.807, 2.05) is 0 Å². The third-order valence-corrected chi connectivity index (χ3v) is 4.16. The molecule has 126 valence electrons. The van der Waals surface area contributed by atoms with Gasteiger partial charge in [0.1, 0.15) is 11.6 Å². The zero-order valence-corrected chi connectivity index (χ0v) is 13.8. The summed E-state index contributed by atoms with van der Waals surface area (Å²) in [7, 11) is 0. The highest BCUT2D eigenvalue weighted by atomic mass is 16.6. The van der Waals surface area contributed by atoms with Crippen LogP contribution in [0.3, 0.4) is 0 Å². The van der Waals surface area contributed by atoms with E-state index < -0.39 is 23.8 Å². The van der Waals surface area contributed by atoms with Crippen LogP contribution in [0.4, 0.5) is 4.79 Å². The minimum Gasteiger partial charge on any atom is -0.444 e. The number of amides is 2. The molecule has 0 aromatic rings. The largest absolute Gasteiger partial charge is 0.444 e. The molecule has 2 rings (SSSR count). The number of nitrogens with one attached hydrogen (secondary N) is 1. The van der Waals surface area contributed by atoms with Crippen molar-refractivity contribution >= 4 is 12.0 Å². The number of rotatable bonds is 2. The fourth-order valence-electron chi connectivity index (χ4n) is 3.13. The van der Waals surface area contributed by atoms with Crippen molar-refractivity contribution in [3.05, 3.63) is 0 Å². The second kappa shape index (κ2) is 6.86. The first kappa shape index (κ1) is 17.1. The molecule has 0 radical (unpaired) electrons. The van der Waals surface area contributed by atoms with Gasteiger partial charge in [-0.2, -0.15) is 0 Å². The number of carbonyl (C=O) groups is 2. The van der Waals surface area contributed by atoms with E-state index >= 15 is 0 Å². The molecule has 6 heteroatoms. The monoisotopic (exact) mass is 312 g/mol. The predicted octanol–water partition coefficient (Wildman–Crippen LogP) is 1.81. The maximum absolute atomic E-state index is 12.5. The van der Waals surface area contributed by atoms with Gasteiger partial charge in [0.25, 0.3) is 0 Å². The SMILES string of the molecule is CC(C)(C)OC(=O)N1CC(O)CC1C(=O)NC1CCCCC1. The Morgan fingerprint density at radius 1 is 1.18 bits per heavy atom. The molecule has 1 aliphatic heterocycles. The molecule has 2 atom stereocenters. The van der Waals surface area contributed by atoms with Gasteiger partial charge in [-0.05, 0) is 33.6 Å². The molecule has 1 saturated heterocycles. The van der Waals surface area contributed by atoms with Crippen LogP contribution in [0.1, 0.15) is 59.3 Å². The lowest BCUT2D eigenvalue weighted by atomic mass is 9.95. The Labute approximate surface area is 132 Å². The molecule has 0 spiro atoms. The first-order chi connectivity index (χ1) is 10.3. The lowest BCUT2D eigenvalue weighted by Gasteiger charge is -2.29. The highest BCUT2D eigenvalue weighted by Crippen LogP contribution is 2.23. The van der Waals surface area contributed by atoms with E-state index in [-0.39, 0.29) is 24.9 Å². The summed E-state index contributed by atoms with van der Waals surface area (Å²) in [6.07, 6.45) is 4.54. The van der Waals surface area contributed by atoms with Crippen LogP contribution in [-0.2, 0) is 9.53 Å². The summed E-state index contributed by atoms with van der Waals surface area (Å²) < 4.78 is 5.34. The molecule has 6 nitrogen and oxygen atoms in total. The van der Waals surface area contributed by atoms with Crippen molar-refractivity contribution in [2.24, 2.45) is 0 Å². The number of carbonyl (C=O) groups excluding carboxylic acids is 2. The number of hydrogen-bond donors (Lipinski definition) is 2. The normalized spacial score (nSPS) is 26.8. The third-order valence-electron chi connectivity index (χ3n) is 4.16. The van der Waals surface area contributed by atoms with Crippen LogP contribution in [0, 0.1) is 0 Å². The Morgan fingerprint density at radius 3 is 2.41 bits per heavy atom. The minimum absolute atomic E-state index is 0.150. The topological polar surface area (TPSA) is 78.9 Å². The van der Waals surface area contributed by atoms with Gasteiger partial charge in [-0.1, -0.05) is 19.3 Å². The van der Waals surface area contributed by atoms with Gasteiger partial charge in [0.2, 0.25) is 5.91 Å². The maximum Gasteiger partial charge on any atom is 0.411 e. The molecule has 22 heavy (non-hydrogen) atoms. The van der Waals surface area contributed by atoms with Gasteiger partial charge in [0.05, 0.1) is 12.6 Å². The molecule has 0 aromatic heterocycles. The van der Waals surface area contributed by atoms with Gasteiger partial charge < -0.3 is 15.2 Å². The lowest BCUT2D eigenvalue weighted by Crippen LogP contribution is -2.50. The number of hydrogen-bond acceptors (Lipinski definition) is 4. The average molecular weight is 312 g/mol.